The molecule has 1 rings (SSSR count). The molecule has 1 heterocycles. The van der Waals surface area contributed by atoms with E-state index in [0.717, 1.165) is 6.26 Å². The molecular weight excluding hydrogens is 208 g/mol. The van der Waals surface area contributed by atoms with E-state index >= 15 is 0 Å². The van der Waals surface area contributed by atoms with Gasteiger partial charge in [-0.2, -0.15) is 0 Å². The van der Waals surface area contributed by atoms with Crippen molar-refractivity contribution in [3.05, 3.63) is 17.7 Å². The molecule has 0 atom stereocenters. The third-order valence-corrected chi connectivity index (χ3v) is 2.23. The van der Waals surface area contributed by atoms with Crippen LogP contribution in [0.3, 0.4) is 0 Å². The molecule has 0 aliphatic carbocycles. The molecule has 0 radical (unpaired) electrons. The fourth-order valence-electron chi connectivity index (χ4n) is 0.898. The number of aromatic amines is 1. The number of H-pyrrole nitrogens is 1. The van der Waals surface area contributed by atoms with E-state index in [2.05, 4.69) is 14.7 Å². The van der Waals surface area contributed by atoms with E-state index in [1.165, 1.54) is 13.3 Å². The summed E-state index contributed by atoms with van der Waals surface area (Å²) in [5.74, 6) is -0.561. The van der Waals surface area contributed by atoms with Gasteiger partial charge >= 0.3 is 5.97 Å². The molecule has 6 nitrogen and oxygen atoms in total. The molecule has 0 amide bonds. The first-order valence-corrected chi connectivity index (χ1v) is 5.78. The van der Waals surface area contributed by atoms with E-state index < -0.39 is 15.8 Å². The summed E-state index contributed by atoms with van der Waals surface area (Å²) < 4.78 is 26.2. The van der Waals surface area contributed by atoms with E-state index in [9.17, 15) is 13.2 Å². The summed E-state index contributed by atoms with van der Waals surface area (Å²) in [4.78, 5) is 17.2. The number of hydrogen-bond acceptors (Lipinski definition) is 5. The van der Waals surface area contributed by atoms with Crippen molar-refractivity contribution in [3.8, 4) is 0 Å². The molecule has 0 fully saturated rings. The van der Waals surface area contributed by atoms with Crippen molar-refractivity contribution in [1.29, 1.82) is 0 Å². The Labute approximate surface area is 81.2 Å². The van der Waals surface area contributed by atoms with Crippen LogP contribution in [0.1, 0.15) is 16.3 Å². The van der Waals surface area contributed by atoms with Crippen LogP contribution in [0.2, 0.25) is 0 Å². The summed E-state index contributed by atoms with van der Waals surface area (Å²) in [7, 11) is -1.91. The minimum atomic E-state index is -3.14. The van der Waals surface area contributed by atoms with Crippen molar-refractivity contribution in [3.63, 3.8) is 0 Å². The van der Waals surface area contributed by atoms with Crippen LogP contribution < -0.4 is 0 Å². The minimum Gasteiger partial charge on any atom is -0.464 e. The van der Waals surface area contributed by atoms with Crippen LogP contribution in [0.15, 0.2) is 6.20 Å². The first-order chi connectivity index (χ1) is 6.42. The SMILES string of the molecule is COC(=O)c1cnc(CS(C)(=O)=O)[nH]1. The van der Waals surface area contributed by atoms with Crippen LogP contribution in [-0.2, 0) is 20.3 Å². The Balaban J connectivity index is 2.84. The lowest BCUT2D eigenvalue weighted by Crippen LogP contribution is -2.04. The summed E-state index contributed by atoms with van der Waals surface area (Å²) in [6.07, 6.45) is 2.33. The van der Waals surface area contributed by atoms with Gasteiger partial charge in [0.25, 0.3) is 0 Å². The third kappa shape index (κ3) is 2.84. The van der Waals surface area contributed by atoms with Crippen molar-refractivity contribution < 1.29 is 17.9 Å². The van der Waals surface area contributed by atoms with E-state index in [1.54, 1.807) is 0 Å². The Morgan fingerprint density at radius 1 is 1.64 bits per heavy atom. The first-order valence-electron chi connectivity index (χ1n) is 3.72. The van der Waals surface area contributed by atoms with Crippen LogP contribution in [-0.4, -0.2) is 37.7 Å². The van der Waals surface area contributed by atoms with E-state index in [-0.39, 0.29) is 17.3 Å². The molecule has 1 aromatic rings. The van der Waals surface area contributed by atoms with E-state index in [4.69, 9.17) is 0 Å². The number of imidazole rings is 1. The molecule has 7 heteroatoms. The smallest absolute Gasteiger partial charge is 0.356 e. The molecule has 1 aromatic heterocycles. The average Bonchev–Trinajstić information content (AvgIpc) is 2.48. The highest BCUT2D eigenvalue weighted by Gasteiger charge is 2.12. The molecule has 0 bridgehead atoms. The van der Waals surface area contributed by atoms with Gasteiger partial charge < -0.3 is 9.72 Å². The van der Waals surface area contributed by atoms with Crippen LogP contribution in [0.4, 0.5) is 0 Å². The van der Waals surface area contributed by atoms with Crippen molar-refractivity contribution >= 4 is 15.8 Å². The largest absolute Gasteiger partial charge is 0.464 e. The predicted molar refractivity (Wildman–Crippen MR) is 48.5 cm³/mol. The number of aromatic nitrogens is 2. The Morgan fingerprint density at radius 2 is 2.29 bits per heavy atom. The fraction of sp³-hybridized carbons (Fsp3) is 0.429. The van der Waals surface area contributed by atoms with Gasteiger partial charge in [0.05, 0.1) is 13.3 Å². The number of nitrogens with one attached hydrogen (secondary N) is 1. The minimum absolute atomic E-state index is 0.145. The Hall–Kier alpha value is -1.37. The van der Waals surface area contributed by atoms with Gasteiger partial charge in [0, 0.05) is 6.26 Å². The molecule has 0 aromatic carbocycles. The molecule has 0 saturated carbocycles. The van der Waals surface area contributed by atoms with E-state index in [0.29, 0.717) is 0 Å². The third-order valence-electron chi connectivity index (χ3n) is 1.43. The number of nitrogens with zero attached hydrogens (tertiary/aromatic N) is 1. The molecule has 0 saturated heterocycles. The number of sulfone groups is 1. The highest BCUT2D eigenvalue weighted by Crippen LogP contribution is 2.02. The maximum absolute atomic E-state index is 10.9. The summed E-state index contributed by atoms with van der Waals surface area (Å²) in [5, 5.41) is 0. The lowest BCUT2D eigenvalue weighted by molar-refractivity contribution is 0.0594. The van der Waals surface area contributed by atoms with Crippen molar-refractivity contribution in [2.24, 2.45) is 0 Å². The molecule has 1 N–H and O–H groups in total. The zero-order valence-corrected chi connectivity index (χ0v) is 8.59. The van der Waals surface area contributed by atoms with Gasteiger partial charge in [0.1, 0.15) is 17.3 Å². The monoisotopic (exact) mass is 218 g/mol. The van der Waals surface area contributed by atoms with Crippen LogP contribution >= 0.6 is 0 Å². The lowest BCUT2D eigenvalue weighted by atomic mass is 10.5. The zero-order chi connectivity index (χ0) is 10.8. The summed E-state index contributed by atoms with van der Waals surface area (Å²) in [5.41, 5.74) is 0.145. The van der Waals surface area contributed by atoms with Gasteiger partial charge in [-0.25, -0.2) is 18.2 Å². The second kappa shape index (κ2) is 3.79. The van der Waals surface area contributed by atoms with Gasteiger partial charge in [-0.05, 0) is 0 Å². The van der Waals surface area contributed by atoms with Crippen molar-refractivity contribution in [2.75, 3.05) is 13.4 Å². The predicted octanol–water partition coefficient (Wildman–Crippen LogP) is -0.259. The van der Waals surface area contributed by atoms with Crippen LogP contribution in [0.25, 0.3) is 0 Å². The van der Waals surface area contributed by atoms with E-state index in [1.807, 2.05) is 0 Å². The second-order valence-corrected chi connectivity index (χ2v) is 4.95. The number of hydrogen-bond donors (Lipinski definition) is 1. The molecule has 14 heavy (non-hydrogen) atoms. The van der Waals surface area contributed by atoms with Gasteiger partial charge in [-0.15, -0.1) is 0 Å². The van der Waals surface area contributed by atoms with Crippen molar-refractivity contribution in [2.45, 2.75) is 5.75 Å². The fourth-order valence-corrected chi connectivity index (χ4v) is 1.54. The molecule has 78 valence electrons. The van der Waals surface area contributed by atoms with Crippen LogP contribution in [0, 0.1) is 0 Å². The highest BCUT2D eigenvalue weighted by atomic mass is 32.2. The number of ether oxygens (including phenoxy) is 1. The molecule has 0 aliphatic heterocycles. The number of carbonyl (C=O) groups is 1. The lowest BCUT2D eigenvalue weighted by Gasteiger charge is -1.94. The maximum Gasteiger partial charge on any atom is 0.356 e. The van der Waals surface area contributed by atoms with Crippen LogP contribution in [0.5, 0.6) is 0 Å². The number of esters is 1. The Kier molecular flexibility index (Phi) is 2.90. The normalized spacial score (nSPS) is 11.3. The Bertz CT molecular complexity index is 434. The topological polar surface area (TPSA) is 89.1 Å². The average molecular weight is 218 g/mol. The second-order valence-electron chi connectivity index (χ2n) is 2.81. The maximum atomic E-state index is 10.9. The van der Waals surface area contributed by atoms with Gasteiger partial charge in [-0.3, -0.25) is 0 Å². The molecule has 0 spiro atoms. The van der Waals surface area contributed by atoms with Crippen molar-refractivity contribution in [1.82, 2.24) is 9.97 Å². The quantitative estimate of drug-likeness (QED) is 0.706. The molecule has 0 unspecified atom stereocenters. The summed E-state index contributed by atoms with van der Waals surface area (Å²) in [6, 6.07) is 0. The molecular formula is C7H10N2O4S. The van der Waals surface area contributed by atoms with Gasteiger partial charge in [0.15, 0.2) is 9.84 Å². The summed E-state index contributed by atoms with van der Waals surface area (Å²) >= 11 is 0. The number of rotatable bonds is 3. The van der Waals surface area contributed by atoms with Gasteiger partial charge in [0.2, 0.25) is 0 Å². The summed E-state index contributed by atoms with van der Waals surface area (Å²) in [6.45, 7) is 0. The zero-order valence-electron chi connectivity index (χ0n) is 7.77. The number of methoxy groups -OCH3 is 1. The molecule has 0 aliphatic rings. The first kappa shape index (κ1) is 10.7. The number of carbonyl (C=O) groups excluding carboxylic acids is 1. The highest BCUT2D eigenvalue weighted by molar-refractivity contribution is 7.89. The Morgan fingerprint density at radius 3 is 2.79 bits per heavy atom. The standard InChI is InChI=1S/C7H10N2O4S/c1-13-7(10)5-3-8-6(9-5)4-14(2,11)12/h3H,4H2,1-2H3,(H,8,9). The van der Waals surface area contributed by atoms with Gasteiger partial charge in [-0.1, -0.05) is 0 Å².